The molecule has 6 nitrogen and oxygen atoms in total. The van der Waals surface area contributed by atoms with Crippen molar-refractivity contribution in [2.75, 3.05) is 13.1 Å². The molecule has 0 unspecified atom stereocenters. The second kappa shape index (κ2) is 9.13. The molecule has 4 aromatic rings. The van der Waals surface area contributed by atoms with Gasteiger partial charge in [0.25, 0.3) is 0 Å². The molecule has 0 amide bonds. The van der Waals surface area contributed by atoms with Crippen LogP contribution in [0.15, 0.2) is 48.7 Å². The van der Waals surface area contributed by atoms with Gasteiger partial charge in [0.05, 0.1) is 5.52 Å². The number of rotatable bonds is 4. The minimum absolute atomic E-state index is 0. The van der Waals surface area contributed by atoms with Gasteiger partial charge >= 0.3 is 6.18 Å². The van der Waals surface area contributed by atoms with Crippen LogP contribution < -0.4 is 5.32 Å². The second-order valence-corrected chi connectivity index (χ2v) is 9.77. The molecule has 7 rings (SSSR count). The van der Waals surface area contributed by atoms with Crippen molar-refractivity contribution in [1.82, 2.24) is 29.8 Å². The van der Waals surface area contributed by atoms with Crippen molar-refractivity contribution in [2.45, 2.75) is 49.5 Å². The van der Waals surface area contributed by atoms with Crippen LogP contribution in [0, 0.1) is 0 Å². The average molecular weight is 537 g/mol. The van der Waals surface area contributed by atoms with Gasteiger partial charge in [-0.15, -0.1) is 35.0 Å². The maximum atomic E-state index is 14.3. The normalized spacial score (nSPS) is 22.5. The predicted octanol–water partition coefficient (Wildman–Crippen LogP) is 5.32. The molecule has 0 spiro atoms. The molecule has 3 aliphatic rings. The number of piperazine rings is 1. The number of nitrogens with zero attached hydrogens (tertiary/aromatic N) is 5. The van der Waals surface area contributed by atoms with Crippen molar-refractivity contribution in [3.05, 3.63) is 59.8 Å². The number of pyridine rings is 2. The smallest absolute Gasteiger partial charge is 0.311 e. The zero-order valence-corrected chi connectivity index (χ0v) is 20.8. The summed E-state index contributed by atoms with van der Waals surface area (Å²) in [7, 11) is 0. The van der Waals surface area contributed by atoms with Gasteiger partial charge in [-0.2, -0.15) is 13.2 Å². The zero-order chi connectivity index (χ0) is 23.0. The number of alkyl halides is 3. The lowest BCUT2D eigenvalue weighted by atomic mass is 10.1. The fourth-order valence-corrected chi connectivity index (χ4v) is 5.65. The molecular formula is C25H25Cl2F3N6. The number of halogens is 5. The van der Waals surface area contributed by atoms with E-state index in [-0.39, 0.29) is 42.5 Å². The summed E-state index contributed by atoms with van der Waals surface area (Å²) in [6.45, 7) is 0.999. The first-order chi connectivity index (χ1) is 16.4. The summed E-state index contributed by atoms with van der Waals surface area (Å²) in [5, 5.41) is 12.8. The van der Waals surface area contributed by atoms with Gasteiger partial charge in [-0.1, -0.05) is 24.3 Å². The molecule has 1 saturated carbocycles. The molecule has 2 bridgehead atoms. The Hall–Kier alpha value is -2.46. The number of benzene rings is 1. The Morgan fingerprint density at radius 1 is 1.00 bits per heavy atom. The van der Waals surface area contributed by atoms with E-state index in [4.69, 9.17) is 4.98 Å². The molecule has 3 fully saturated rings. The lowest BCUT2D eigenvalue weighted by molar-refractivity contribution is -0.190. The number of hydrogen-bond acceptors (Lipinski definition) is 5. The Kier molecular flexibility index (Phi) is 6.39. The average Bonchev–Trinajstić information content (AvgIpc) is 3.25. The standard InChI is InChI=1S/C25H23F3N6.2ClH/c26-25(27,28)23(33-13-18-10-19(33)11-29-18)17-6-8-22-31-32-24(34(22)12-17)20-7-5-15-3-4-16(14-1-2-14)9-21(15)30-20;;/h3-9,12,14,18-19,23,29H,1-2,10-11,13H2;2*1H/t18-,19-,23-;;/m0../s1. The van der Waals surface area contributed by atoms with Gasteiger partial charge in [-0.3, -0.25) is 9.30 Å². The summed E-state index contributed by atoms with van der Waals surface area (Å²) in [4.78, 5) is 6.40. The number of nitrogens with one attached hydrogen (secondary N) is 1. The van der Waals surface area contributed by atoms with Crippen molar-refractivity contribution in [3.63, 3.8) is 0 Å². The second-order valence-electron chi connectivity index (χ2n) is 9.77. The number of likely N-dealkylation sites (tertiary alicyclic amines) is 1. The van der Waals surface area contributed by atoms with E-state index in [1.165, 1.54) is 30.7 Å². The van der Waals surface area contributed by atoms with Crippen LogP contribution in [0.3, 0.4) is 0 Å². The first kappa shape index (κ1) is 25.2. The molecule has 3 aromatic heterocycles. The van der Waals surface area contributed by atoms with Gasteiger partial charge in [-0.05, 0) is 54.5 Å². The van der Waals surface area contributed by atoms with E-state index in [1.54, 1.807) is 15.4 Å². The highest BCUT2D eigenvalue weighted by Gasteiger charge is 2.51. The van der Waals surface area contributed by atoms with Crippen molar-refractivity contribution in [1.29, 1.82) is 0 Å². The van der Waals surface area contributed by atoms with Crippen molar-refractivity contribution < 1.29 is 13.2 Å². The van der Waals surface area contributed by atoms with Gasteiger partial charge in [0, 0.05) is 36.8 Å². The Labute approximate surface area is 218 Å². The van der Waals surface area contributed by atoms with E-state index in [1.807, 2.05) is 12.1 Å². The molecule has 0 radical (unpaired) electrons. The summed E-state index contributed by atoms with van der Waals surface area (Å²) in [6.07, 6.45) is 0.327. The highest BCUT2D eigenvalue weighted by molar-refractivity contribution is 5.85. The van der Waals surface area contributed by atoms with Gasteiger partial charge in [0.1, 0.15) is 11.7 Å². The topological polar surface area (TPSA) is 58.4 Å². The molecule has 5 heterocycles. The van der Waals surface area contributed by atoms with Crippen LogP contribution in [-0.2, 0) is 0 Å². The Morgan fingerprint density at radius 3 is 2.50 bits per heavy atom. The van der Waals surface area contributed by atoms with Crippen LogP contribution in [-0.4, -0.2) is 55.8 Å². The van der Waals surface area contributed by atoms with E-state index < -0.39 is 12.2 Å². The fraction of sp³-hybridized carbons (Fsp3) is 0.400. The van der Waals surface area contributed by atoms with Crippen LogP contribution in [0.25, 0.3) is 28.1 Å². The number of fused-ring (bicyclic) bond motifs is 4. The summed E-state index contributed by atoms with van der Waals surface area (Å²) in [6, 6.07) is 11.7. The monoisotopic (exact) mass is 536 g/mol. The van der Waals surface area contributed by atoms with E-state index in [9.17, 15) is 13.2 Å². The SMILES string of the molecule is Cl.Cl.FC(F)(F)[C@H](c1ccc2nnc(-c3ccc4ccc(C5CC5)cc4n3)n2c1)N1C[C@@H]2C[C@H]1CN2. The fourth-order valence-electron chi connectivity index (χ4n) is 5.65. The molecular weight excluding hydrogens is 512 g/mol. The maximum Gasteiger partial charge on any atom is 0.408 e. The Morgan fingerprint density at radius 2 is 1.81 bits per heavy atom. The minimum atomic E-state index is -4.38. The summed E-state index contributed by atoms with van der Waals surface area (Å²) < 4.78 is 44.5. The molecule has 36 heavy (non-hydrogen) atoms. The lowest BCUT2D eigenvalue weighted by Gasteiger charge is -2.36. The largest absolute Gasteiger partial charge is 0.408 e. The number of hydrogen-bond donors (Lipinski definition) is 1. The zero-order valence-electron chi connectivity index (χ0n) is 19.2. The van der Waals surface area contributed by atoms with Crippen LogP contribution in [0.1, 0.15) is 42.3 Å². The lowest BCUT2D eigenvalue weighted by Crippen LogP contribution is -2.49. The molecule has 190 valence electrons. The molecule has 2 aliphatic heterocycles. The van der Waals surface area contributed by atoms with E-state index in [2.05, 4.69) is 33.7 Å². The van der Waals surface area contributed by atoms with Gasteiger partial charge < -0.3 is 5.32 Å². The maximum absolute atomic E-state index is 14.3. The van der Waals surface area contributed by atoms with E-state index >= 15 is 0 Å². The molecule has 1 aromatic carbocycles. The van der Waals surface area contributed by atoms with Crippen LogP contribution in [0.2, 0.25) is 0 Å². The first-order valence-electron chi connectivity index (χ1n) is 11.8. The van der Waals surface area contributed by atoms with E-state index in [0.29, 0.717) is 36.2 Å². The number of aromatic nitrogens is 4. The summed E-state index contributed by atoms with van der Waals surface area (Å²) in [5.41, 5.74) is 3.44. The quantitative estimate of drug-likeness (QED) is 0.382. The Bertz CT molecular complexity index is 1420. The van der Waals surface area contributed by atoms with Crippen molar-refractivity contribution in [2.24, 2.45) is 0 Å². The van der Waals surface area contributed by atoms with Gasteiger partial charge in [0.2, 0.25) is 0 Å². The van der Waals surface area contributed by atoms with Gasteiger partial charge in [-0.25, -0.2) is 4.98 Å². The third-order valence-electron chi connectivity index (χ3n) is 7.48. The minimum Gasteiger partial charge on any atom is -0.311 e. The molecule has 2 saturated heterocycles. The molecule has 3 atom stereocenters. The third-order valence-corrected chi connectivity index (χ3v) is 7.48. The molecule has 11 heteroatoms. The van der Waals surface area contributed by atoms with Crippen molar-refractivity contribution in [3.8, 4) is 11.5 Å². The van der Waals surface area contributed by atoms with Crippen molar-refractivity contribution >= 4 is 41.4 Å². The molecule has 1 aliphatic carbocycles. The van der Waals surface area contributed by atoms with E-state index in [0.717, 1.165) is 17.3 Å². The van der Waals surface area contributed by atoms with Crippen LogP contribution >= 0.6 is 24.8 Å². The highest BCUT2D eigenvalue weighted by atomic mass is 35.5. The summed E-state index contributed by atoms with van der Waals surface area (Å²) in [5.74, 6) is 1.06. The van der Waals surface area contributed by atoms with Crippen LogP contribution in [0.5, 0.6) is 0 Å². The first-order valence-corrected chi connectivity index (χ1v) is 11.8. The molecule has 1 N–H and O–H groups in total. The van der Waals surface area contributed by atoms with Gasteiger partial charge in [0.15, 0.2) is 11.5 Å². The highest BCUT2D eigenvalue weighted by Crippen LogP contribution is 2.43. The third kappa shape index (κ3) is 4.22. The van der Waals surface area contributed by atoms with Crippen LogP contribution in [0.4, 0.5) is 13.2 Å². The summed E-state index contributed by atoms with van der Waals surface area (Å²) >= 11 is 0. The predicted molar refractivity (Wildman–Crippen MR) is 136 cm³/mol. The Balaban J connectivity index is 0.00000133.